The number of aromatic nitrogens is 1. The van der Waals surface area contributed by atoms with E-state index in [2.05, 4.69) is 28.6 Å². The van der Waals surface area contributed by atoms with E-state index >= 15 is 0 Å². The second-order valence-corrected chi connectivity index (χ2v) is 5.25. The summed E-state index contributed by atoms with van der Waals surface area (Å²) in [7, 11) is 0. The smallest absolute Gasteiger partial charge is 0.0843 e. The Hall–Kier alpha value is -1.00. The fourth-order valence-electron chi connectivity index (χ4n) is 2.42. The molecule has 1 aliphatic rings. The third-order valence-electron chi connectivity index (χ3n) is 3.75. The molecule has 0 radical (unpaired) electrons. The lowest BCUT2D eigenvalue weighted by Gasteiger charge is -2.39. The van der Waals surface area contributed by atoms with Crippen molar-refractivity contribution in [1.29, 1.82) is 0 Å². The molecular formula is C13H21ClN4. The molecule has 2 rings (SSSR count). The standard InChI is InChI=1S/C13H21ClN4/c1-3-10(2)17-4-6-18(7-5-17)13-11(14)8-16-9-12(13)15/h8-10H,3-7,15H2,1-2H3. The largest absolute Gasteiger partial charge is 0.396 e. The molecule has 100 valence electrons. The second-order valence-electron chi connectivity index (χ2n) is 4.84. The van der Waals surface area contributed by atoms with Crippen molar-refractivity contribution in [3.8, 4) is 0 Å². The molecule has 0 aromatic carbocycles. The highest BCUT2D eigenvalue weighted by Gasteiger charge is 2.22. The van der Waals surface area contributed by atoms with Gasteiger partial charge in [-0.15, -0.1) is 0 Å². The molecule has 1 aromatic heterocycles. The topological polar surface area (TPSA) is 45.4 Å². The quantitative estimate of drug-likeness (QED) is 0.913. The molecule has 4 nitrogen and oxygen atoms in total. The van der Waals surface area contributed by atoms with Crippen molar-refractivity contribution in [1.82, 2.24) is 9.88 Å². The summed E-state index contributed by atoms with van der Waals surface area (Å²) in [6.07, 6.45) is 4.52. The van der Waals surface area contributed by atoms with Crippen LogP contribution in [0.4, 0.5) is 11.4 Å². The first-order valence-electron chi connectivity index (χ1n) is 6.51. The molecule has 0 bridgehead atoms. The molecule has 2 heterocycles. The summed E-state index contributed by atoms with van der Waals surface area (Å²) in [5.41, 5.74) is 7.58. The van der Waals surface area contributed by atoms with Gasteiger partial charge in [0.05, 0.1) is 22.6 Å². The summed E-state index contributed by atoms with van der Waals surface area (Å²) in [6.45, 7) is 8.58. The predicted molar refractivity (Wildman–Crippen MR) is 77.2 cm³/mol. The average molecular weight is 269 g/mol. The van der Waals surface area contributed by atoms with Crippen LogP contribution in [0, 0.1) is 0 Å². The molecule has 1 fully saturated rings. The van der Waals surface area contributed by atoms with Gasteiger partial charge in [0.15, 0.2) is 0 Å². The van der Waals surface area contributed by atoms with Crippen molar-refractivity contribution in [3.05, 3.63) is 17.4 Å². The molecule has 1 aliphatic heterocycles. The monoisotopic (exact) mass is 268 g/mol. The number of pyridine rings is 1. The van der Waals surface area contributed by atoms with E-state index in [1.54, 1.807) is 12.4 Å². The van der Waals surface area contributed by atoms with Crippen LogP contribution in [0.15, 0.2) is 12.4 Å². The highest BCUT2D eigenvalue weighted by molar-refractivity contribution is 6.33. The maximum absolute atomic E-state index is 6.19. The lowest BCUT2D eigenvalue weighted by atomic mass is 10.2. The van der Waals surface area contributed by atoms with Crippen molar-refractivity contribution >= 4 is 23.0 Å². The zero-order valence-corrected chi connectivity index (χ0v) is 11.8. The van der Waals surface area contributed by atoms with Gasteiger partial charge in [0.1, 0.15) is 0 Å². The van der Waals surface area contributed by atoms with Gasteiger partial charge in [-0.25, -0.2) is 0 Å². The van der Waals surface area contributed by atoms with E-state index in [-0.39, 0.29) is 0 Å². The predicted octanol–water partition coefficient (Wildman–Crippen LogP) is 2.24. The number of nitrogen functional groups attached to an aromatic ring is 1. The van der Waals surface area contributed by atoms with Crippen LogP contribution in [0.25, 0.3) is 0 Å². The van der Waals surface area contributed by atoms with Crippen LogP contribution < -0.4 is 10.6 Å². The molecule has 18 heavy (non-hydrogen) atoms. The Bertz CT molecular complexity index is 382. The van der Waals surface area contributed by atoms with Gasteiger partial charge in [-0.1, -0.05) is 18.5 Å². The minimum absolute atomic E-state index is 0.645. The SMILES string of the molecule is CCC(C)N1CCN(c2c(N)cncc2Cl)CC1. The van der Waals surface area contributed by atoms with Crippen LogP contribution in [-0.4, -0.2) is 42.1 Å². The molecule has 0 saturated carbocycles. The van der Waals surface area contributed by atoms with Gasteiger partial charge < -0.3 is 10.6 Å². The van der Waals surface area contributed by atoms with Crippen LogP contribution in [0.2, 0.25) is 5.02 Å². The average Bonchev–Trinajstić information content (AvgIpc) is 2.38. The van der Waals surface area contributed by atoms with E-state index in [4.69, 9.17) is 17.3 Å². The molecule has 0 spiro atoms. The van der Waals surface area contributed by atoms with Crippen molar-refractivity contribution in [2.75, 3.05) is 36.8 Å². The van der Waals surface area contributed by atoms with Crippen LogP contribution in [0.1, 0.15) is 20.3 Å². The van der Waals surface area contributed by atoms with Crippen LogP contribution >= 0.6 is 11.6 Å². The van der Waals surface area contributed by atoms with Crippen molar-refractivity contribution in [3.63, 3.8) is 0 Å². The molecule has 2 N–H and O–H groups in total. The zero-order chi connectivity index (χ0) is 13.1. The van der Waals surface area contributed by atoms with Gasteiger partial charge in [0.2, 0.25) is 0 Å². The third-order valence-corrected chi connectivity index (χ3v) is 4.02. The summed E-state index contributed by atoms with van der Waals surface area (Å²) >= 11 is 6.19. The normalized spacial score (nSPS) is 18.9. The van der Waals surface area contributed by atoms with Crippen molar-refractivity contribution in [2.45, 2.75) is 26.3 Å². The Kier molecular flexibility index (Phi) is 4.30. The molecule has 1 aromatic rings. The van der Waals surface area contributed by atoms with Gasteiger partial charge in [0.25, 0.3) is 0 Å². The van der Waals surface area contributed by atoms with E-state index in [1.165, 1.54) is 6.42 Å². The second kappa shape index (κ2) is 5.76. The molecule has 0 aliphatic carbocycles. The highest BCUT2D eigenvalue weighted by Crippen LogP contribution is 2.31. The van der Waals surface area contributed by atoms with E-state index in [9.17, 15) is 0 Å². The Balaban J connectivity index is 2.06. The fraction of sp³-hybridized carbons (Fsp3) is 0.615. The summed E-state index contributed by atoms with van der Waals surface area (Å²) in [5, 5.41) is 0.645. The summed E-state index contributed by atoms with van der Waals surface area (Å²) < 4.78 is 0. The molecule has 1 unspecified atom stereocenters. The third kappa shape index (κ3) is 2.70. The lowest BCUT2D eigenvalue weighted by molar-refractivity contribution is 0.193. The summed E-state index contributed by atoms with van der Waals surface area (Å²) in [6, 6.07) is 0.650. The maximum Gasteiger partial charge on any atom is 0.0843 e. The van der Waals surface area contributed by atoms with Crippen LogP contribution in [0.3, 0.4) is 0 Å². The van der Waals surface area contributed by atoms with E-state index in [1.807, 2.05) is 0 Å². The minimum Gasteiger partial charge on any atom is -0.396 e. The maximum atomic E-state index is 6.19. The fourth-order valence-corrected chi connectivity index (χ4v) is 2.71. The molecule has 1 atom stereocenters. The number of nitrogens with zero attached hydrogens (tertiary/aromatic N) is 3. The van der Waals surface area contributed by atoms with Gasteiger partial charge in [-0.2, -0.15) is 0 Å². The Labute approximate surface area is 114 Å². The highest BCUT2D eigenvalue weighted by atomic mass is 35.5. The van der Waals surface area contributed by atoms with E-state index < -0.39 is 0 Å². The zero-order valence-electron chi connectivity index (χ0n) is 11.1. The summed E-state index contributed by atoms with van der Waals surface area (Å²) in [4.78, 5) is 8.78. The Morgan fingerprint density at radius 2 is 2.00 bits per heavy atom. The number of rotatable bonds is 3. The first-order chi connectivity index (χ1) is 8.63. The molecule has 1 saturated heterocycles. The van der Waals surface area contributed by atoms with Gasteiger partial charge >= 0.3 is 0 Å². The van der Waals surface area contributed by atoms with Gasteiger partial charge in [-0.3, -0.25) is 9.88 Å². The van der Waals surface area contributed by atoms with E-state index in [0.717, 1.165) is 31.9 Å². The molecule has 5 heteroatoms. The number of hydrogen-bond donors (Lipinski definition) is 1. The first kappa shape index (κ1) is 13.4. The number of piperazine rings is 1. The lowest BCUT2D eigenvalue weighted by Crippen LogP contribution is -2.49. The van der Waals surface area contributed by atoms with Crippen LogP contribution in [0.5, 0.6) is 0 Å². The van der Waals surface area contributed by atoms with Crippen LogP contribution in [-0.2, 0) is 0 Å². The number of anilines is 2. The van der Waals surface area contributed by atoms with Crippen molar-refractivity contribution in [2.24, 2.45) is 0 Å². The summed E-state index contributed by atoms with van der Waals surface area (Å²) in [5.74, 6) is 0. The molecular weight excluding hydrogens is 248 g/mol. The van der Waals surface area contributed by atoms with E-state index in [0.29, 0.717) is 16.8 Å². The Morgan fingerprint density at radius 3 is 2.56 bits per heavy atom. The molecule has 0 amide bonds. The minimum atomic E-state index is 0.645. The number of halogens is 1. The number of hydrogen-bond acceptors (Lipinski definition) is 4. The number of nitrogens with two attached hydrogens (primary N) is 1. The Morgan fingerprint density at radius 1 is 1.33 bits per heavy atom. The van der Waals surface area contributed by atoms with Crippen molar-refractivity contribution < 1.29 is 0 Å². The first-order valence-corrected chi connectivity index (χ1v) is 6.89. The van der Waals surface area contributed by atoms with Gasteiger partial charge in [-0.05, 0) is 13.3 Å². The van der Waals surface area contributed by atoms with Gasteiger partial charge in [0, 0.05) is 38.4 Å².